The highest BCUT2D eigenvalue weighted by Crippen LogP contribution is 2.36. The number of carbonyl (C=O) groups is 1. The molecular formula is C34H34FN3O2S2. The van der Waals surface area contributed by atoms with Crippen molar-refractivity contribution in [2.45, 2.75) is 46.1 Å². The van der Waals surface area contributed by atoms with E-state index in [4.69, 9.17) is 22.1 Å². The molecule has 42 heavy (non-hydrogen) atoms. The Morgan fingerprint density at radius 2 is 1.83 bits per heavy atom. The van der Waals surface area contributed by atoms with E-state index >= 15 is 0 Å². The van der Waals surface area contributed by atoms with E-state index in [1.54, 1.807) is 23.1 Å². The van der Waals surface area contributed by atoms with Crippen LogP contribution in [0.3, 0.4) is 0 Å². The minimum absolute atomic E-state index is 0.0552. The van der Waals surface area contributed by atoms with Gasteiger partial charge in [0, 0.05) is 29.4 Å². The van der Waals surface area contributed by atoms with Crippen molar-refractivity contribution >= 4 is 40.3 Å². The zero-order valence-electron chi connectivity index (χ0n) is 23.8. The van der Waals surface area contributed by atoms with Gasteiger partial charge in [-0.1, -0.05) is 106 Å². The third-order valence-electron chi connectivity index (χ3n) is 7.37. The number of hydrogen-bond donors (Lipinski definition) is 0. The quantitative estimate of drug-likeness (QED) is 0.120. The average molecular weight is 600 g/mol. The summed E-state index contributed by atoms with van der Waals surface area (Å²) in [7, 11) is 0. The van der Waals surface area contributed by atoms with Gasteiger partial charge >= 0.3 is 0 Å². The summed E-state index contributed by atoms with van der Waals surface area (Å²) >= 11 is 7.00. The smallest absolute Gasteiger partial charge is 0.266 e. The summed E-state index contributed by atoms with van der Waals surface area (Å²) in [6.07, 6.45) is 8.21. The van der Waals surface area contributed by atoms with Crippen LogP contribution in [-0.2, 0) is 11.4 Å². The third-order valence-corrected chi connectivity index (χ3v) is 8.74. The first-order valence-electron chi connectivity index (χ1n) is 14.3. The van der Waals surface area contributed by atoms with E-state index in [0.717, 1.165) is 42.5 Å². The second kappa shape index (κ2) is 13.9. The largest absolute Gasteiger partial charge is 0.489 e. The fourth-order valence-corrected chi connectivity index (χ4v) is 6.18. The molecule has 1 fully saturated rings. The molecule has 8 heteroatoms. The van der Waals surface area contributed by atoms with Gasteiger partial charge in [-0.05, 0) is 48.7 Å². The fraction of sp³-hybridized carbons (Fsp3) is 0.265. The van der Waals surface area contributed by atoms with Crippen molar-refractivity contribution in [2.75, 3.05) is 6.54 Å². The Hall–Kier alpha value is -3.75. The number of nitrogens with zero attached hydrogens (tertiary/aromatic N) is 3. The number of rotatable bonds is 12. The number of thioether (sulfide) groups is 1. The number of aromatic nitrogens is 2. The van der Waals surface area contributed by atoms with Crippen LogP contribution in [0.2, 0.25) is 0 Å². The van der Waals surface area contributed by atoms with Crippen LogP contribution < -0.4 is 4.74 Å². The van der Waals surface area contributed by atoms with E-state index < -0.39 is 0 Å². The molecule has 216 valence electrons. The molecule has 1 saturated heterocycles. The monoisotopic (exact) mass is 599 g/mol. The lowest BCUT2D eigenvalue weighted by atomic mass is 9.99. The molecule has 5 rings (SSSR count). The number of thiocarbonyl (C=S) groups is 1. The summed E-state index contributed by atoms with van der Waals surface area (Å²) in [5, 5.41) is 4.91. The van der Waals surface area contributed by atoms with Crippen LogP contribution in [0.1, 0.15) is 50.7 Å². The van der Waals surface area contributed by atoms with Crippen molar-refractivity contribution in [3.05, 3.63) is 107 Å². The predicted octanol–water partition coefficient (Wildman–Crippen LogP) is 8.68. The van der Waals surface area contributed by atoms with E-state index in [0.29, 0.717) is 38.7 Å². The van der Waals surface area contributed by atoms with Crippen molar-refractivity contribution in [1.29, 1.82) is 0 Å². The maximum atomic E-state index is 14.1. The van der Waals surface area contributed by atoms with Crippen molar-refractivity contribution in [3.8, 4) is 22.7 Å². The first-order valence-corrected chi connectivity index (χ1v) is 15.6. The maximum Gasteiger partial charge on any atom is 0.266 e. The molecule has 4 aromatic rings. The Bertz CT molecular complexity index is 1580. The molecule has 1 amide bonds. The van der Waals surface area contributed by atoms with Crippen LogP contribution >= 0.6 is 24.0 Å². The summed E-state index contributed by atoms with van der Waals surface area (Å²) < 4.78 is 22.5. The second-order valence-corrected chi connectivity index (χ2v) is 12.0. The van der Waals surface area contributed by atoms with Gasteiger partial charge in [0.15, 0.2) is 0 Å². The van der Waals surface area contributed by atoms with Gasteiger partial charge in [0.1, 0.15) is 28.2 Å². The van der Waals surface area contributed by atoms with Gasteiger partial charge in [0.2, 0.25) is 0 Å². The van der Waals surface area contributed by atoms with Gasteiger partial charge in [0.05, 0.1) is 10.6 Å². The molecule has 1 unspecified atom stereocenters. The van der Waals surface area contributed by atoms with E-state index in [9.17, 15) is 9.18 Å². The lowest BCUT2D eigenvalue weighted by Gasteiger charge is -2.21. The van der Waals surface area contributed by atoms with Gasteiger partial charge in [-0.2, -0.15) is 5.10 Å². The molecule has 0 N–H and O–H groups in total. The number of carbonyl (C=O) groups excluding carboxylic acids is 1. The van der Waals surface area contributed by atoms with Gasteiger partial charge in [-0.15, -0.1) is 0 Å². The van der Waals surface area contributed by atoms with E-state index in [-0.39, 0.29) is 18.3 Å². The molecule has 0 aliphatic carbocycles. The van der Waals surface area contributed by atoms with Crippen LogP contribution in [0, 0.1) is 11.7 Å². The van der Waals surface area contributed by atoms with Crippen LogP contribution in [0.25, 0.3) is 23.0 Å². The minimum atomic E-state index is -0.300. The van der Waals surface area contributed by atoms with E-state index in [2.05, 4.69) is 13.8 Å². The number of amides is 1. The number of ether oxygens (including phenoxy) is 1. The zero-order chi connectivity index (χ0) is 29.5. The molecule has 1 aliphatic heterocycles. The van der Waals surface area contributed by atoms with Gasteiger partial charge in [-0.25, -0.2) is 9.07 Å². The van der Waals surface area contributed by atoms with Crippen LogP contribution in [0.15, 0.2) is 90.0 Å². The predicted molar refractivity (Wildman–Crippen MR) is 173 cm³/mol. The van der Waals surface area contributed by atoms with Gasteiger partial charge in [-0.3, -0.25) is 9.69 Å². The van der Waals surface area contributed by atoms with Crippen molar-refractivity contribution in [2.24, 2.45) is 5.92 Å². The molecule has 1 aromatic heterocycles. The summed E-state index contributed by atoms with van der Waals surface area (Å²) in [6.45, 7) is 5.12. The molecule has 5 nitrogen and oxygen atoms in total. The molecule has 3 aromatic carbocycles. The van der Waals surface area contributed by atoms with Gasteiger partial charge in [0.25, 0.3) is 5.91 Å². The zero-order valence-corrected chi connectivity index (χ0v) is 25.5. The normalized spacial score (nSPS) is 15.0. The Kier molecular flexibility index (Phi) is 9.87. The third kappa shape index (κ3) is 6.99. The number of halogens is 1. The lowest BCUT2D eigenvalue weighted by Crippen LogP contribution is -2.33. The minimum Gasteiger partial charge on any atom is -0.489 e. The fourth-order valence-electron chi connectivity index (χ4n) is 4.91. The van der Waals surface area contributed by atoms with E-state index in [1.165, 1.54) is 17.8 Å². The Labute approximate surface area is 256 Å². The lowest BCUT2D eigenvalue weighted by molar-refractivity contribution is -0.122. The first-order chi connectivity index (χ1) is 20.5. The van der Waals surface area contributed by atoms with E-state index in [1.807, 2.05) is 71.6 Å². The molecule has 2 heterocycles. The topological polar surface area (TPSA) is 47.4 Å². The van der Waals surface area contributed by atoms with Crippen LogP contribution in [0.4, 0.5) is 4.39 Å². The summed E-state index contributed by atoms with van der Waals surface area (Å²) in [4.78, 5) is 15.9. The number of unbranched alkanes of at least 4 members (excludes halogenated alkanes) is 1. The second-order valence-electron chi connectivity index (χ2n) is 10.3. The van der Waals surface area contributed by atoms with Gasteiger partial charge < -0.3 is 4.74 Å². The van der Waals surface area contributed by atoms with Crippen molar-refractivity contribution < 1.29 is 13.9 Å². The highest BCUT2D eigenvalue weighted by atomic mass is 32.2. The summed E-state index contributed by atoms with van der Waals surface area (Å²) in [6, 6.07) is 24.0. The Morgan fingerprint density at radius 1 is 1.05 bits per heavy atom. The Balaban J connectivity index is 1.45. The maximum absolute atomic E-state index is 14.1. The number of hydrogen-bond acceptors (Lipinski definition) is 5. The molecular weight excluding hydrogens is 566 g/mol. The average Bonchev–Trinajstić information content (AvgIpc) is 3.55. The van der Waals surface area contributed by atoms with Crippen LogP contribution in [-0.4, -0.2) is 31.5 Å². The van der Waals surface area contributed by atoms with Crippen molar-refractivity contribution in [3.63, 3.8) is 0 Å². The summed E-state index contributed by atoms with van der Waals surface area (Å²) in [5.41, 5.74) is 3.71. The van der Waals surface area contributed by atoms with Crippen molar-refractivity contribution in [1.82, 2.24) is 14.7 Å². The molecule has 1 aliphatic rings. The molecule has 0 saturated carbocycles. The molecule has 0 radical (unpaired) electrons. The number of benzene rings is 3. The molecule has 0 spiro atoms. The standard InChI is InChI=1S/C34H34FN3O2S2/c1-3-5-12-24(4-2)21-37-33(39)31(42-34(37)41)20-27-22-38(28-15-7-6-8-16-28)36-32(27)25-14-11-17-29(19-25)40-23-26-13-9-10-18-30(26)35/h6-11,13-20,22,24H,3-5,12,21,23H2,1-2H3/b31-20-. The highest BCUT2D eigenvalue weighted by Gasteiger charge is 2.33. The summed E-state index contributed by atoms with van der Waals surface area (Å²) in [5.74, 6) is 0.668. The first kappa shape index (κ1) is 29.7. The molecule has 1 atom stereocenters. The molecule has 0 bridgehead atoms. The Morgan fingerprint density at radius 3 is 2.60 bits per heavy atom. The number of para-hydroxylation sites is 1. The highest BCUT2D eigenvalue weighted by molar-refractivity contribution is 8.26. The van der Waals surface area contributed by atoms with Crippen LogP contribution in [0.5, 0.6) is 5.75 Å². The SMILES string of the molecule is CCCCC(CC)CN1C(=O)/C(=C/c2cn(-c3ccccc3)nc2-c2cccc(OCc3ccccc3F)c2)SC1=S.